The van der Waals surface area contributed by atoms with Gasteiger partial charge in [0.25, 0.3) is 0 Å². The molecule has 2 saturated carbocycles. The van der Waals surface area contributed by atoms with E-state index in [0.29, 0.717) is 5.54 Å². The minimum absolute atomic E-state index is 0.0222. The van der Waals surface area contributed by atoms with Crippen LogP contribution in [0.5, 0.6) is 0 Å². The van der Waals surface area contributed by atoms with Crippen LogP contribution in [0.4, 0.5) is 0 Å². The van der Waals surface area contributed by atoms with Crippen LogP contribution in [0.3, 0.4) is 0 Å². The summed E-state index contributed by atoms with van der Waals surface area (Å²) in [6.07, 6.45) is 7.26. The lowest BCUT2D eigenvalue weighted by Crippen LogP contribution is -2.37. The van der Waals surface area contributed by atoms with E-state index >= 15 is 0 Å². The van der Waals surface area contributed by atoms with Crippen molar-refractivity contribution in [3.63, 3.8) is 0 Å². The molecule has 2 rings (SSSR count). The molecule has 0 atom stereocenters. The van der Waals surface area contributed by atoms with Crippen LogP contribution in [-0.2, 0) is 0 Å². The van der Waals surface area contributed by atoms with Crippen molar-refractivity contribution in [2.24, 2.45) is 5.41 Å². The molecule has 0 aromatic carbocycles. The van der Waals surface area contributed by atoms with Gasteiger partial charge in [0.15, 0.2) is 0 Å². The first-order chi connectivity index (χ1) is 6.18. The van der Waals surface area contributed by atoms with E-state index in [0.717, 1.165) is 19.4 Å². The van der Waals surface area contributed by atoms with Crippen molar-refractivity contribution in [3.8, 4) is 6.07 Å². The zero-order valence-corrected chi connectivity index (χ0v) is 8.40. The van der Waals surface area contributed by atoms with E-state index in [1.54, 1.807) is 0 Å². The highest BCUT2D eigenvalue weighted by molar-refractivity contribution is 5.06. The second-order valence-electron chi connectivity index (χ2n) is 5.01. The topological polar surface area (TPSA) is 35.8 Å². The Morgan fingerprint density at radius 3 is 2.31 bits per heavy atom. The molecule has 2 aliphatic rings. The fraction of sp³-hybridized carbons (Fsp3) is 0.909. The molecule has 0 aromatic heterocycles. The van der Waals surface area contributed by atoms with Crippen molar-refractivity contribution in [3.05, 3.63) is 0 Å². The van der Waals surface area contributed by atoms with Gasteiger partial charge in [-0.1, -0.05) is 12.8 Å². The average Bonchev–Trinajstić information content (AvgIpc) is 2.70. The monoisotopic (exact) mass is 178 g/mol. The van der Waals surface area contributed by atoms with E-state index in [2.05, 4.69) is 18.3 Å². The highest BCUT2D eigenvalue weighted by atomic mass is 15.0. The summed E-state index contributed by atoms with van der Waals surface area (Å²) in [6, 6.07) is 2.52. The Kier molecular flexibility index (Phi) is 2.08. The minimum Gasteiger partial charge on any atom is -0.310 e. The quantitative estimate of drug-likeness (QED) is 0.719. The molecule has 2 aliphatic carbocycles. The predicted octanol–water partition coefficient (Wildman–Crippen LogP) is 2.21. The van der Waals surface area contributed by atoms with Gasteiger partial charge in [0, 0.05) is 12.1 Å². The van der Waals surface area contributed by atoms with Crippen LogP contribution >= 0.6 is 0 Å². The molecular formula is C11H18N2. The average molecular weight is 178 g/mol. The van der Waals surface area contributed by atoms with Crippen molar-refractivity contribution >= 4 is 0 Å². The Labute approximate surface area is 80.3 Å². The van der Waals surface area contributed by atoms with Gasteiger partial charge < -0.3 is 5.32 Å². The van der Waals surface area contributed by atoms with Crippen LogP contribution < -0.4 is 5.32 Å². The Hall–Kier alpha value is -0.550. The van der Waals surface area contributed by atoms with E-state index in [9.17, 15) is 0 Å². The van der Waals surface area contributed by atoms with E-state index in [-0.39, 0.29) is 5.41 Å². The smallest absolute Gasteiger partial charge is 0.0703 e. The summed E-state index contributed by atoms with van der Waals surface area (Å²) < 4.78 is 0. The fourth-order valence-electron chi connectivity index (χ4n) is 2.13. The maximum atomic E-state index is 9.14. The molecule has 0 unspecified atom stereocenters. The Balaban J connectivity index is 1.87. The summed E-state index contributed by atoms with van der Waals surface area (Å²) in [7, 11) is 0. The lowest BCUT2D eigenvalue weighted by atomic mass is 9.88. The summed E-state index contributed by atoms with van der Waals surface area (Å²) in [5.41, 5.74) is 0.359. The van der Waals surface area contributed by atoms with Crippen molar-refractivity contribution in [2.45, 2.75) is 51.0 Å². The Morgan fingerprint density at radius 2 is 1.85 bits per heavy atom. The first-order valence-corrected chi connectivity index (χ1v) is 5.34. The van der Waals surface area contributed by atoms with E-state index in [1.165, 1.54) is 25.7 Å². The van der Waals surface area contributed by atoms with Crippen LogP contribution in [0.25, 0.3) is 0 Å². The first-order valence-electron chi connectivity index (χ1n) is 5.34. The molecule has 2 fully saturated rings. The van der Waals surface area contributed by atoms with Gasteiger partial charge >= 0.3 is 0 Å². The van der Waals surface area contributed by atoms with E-state index < -0.39 is 0 Å². The molecule has 0 spiro atoms. The lowest BCUT2D eigenvalue weighted by Gasteiger charge is -2.23. The predicted molar refractivity (Wildman–Crippen MR) is 52.2 cm³/mol. The second kappa shape index (κ2) is 2.99. The van der Waals surface area contributed by atoms with Crippen LogP contribution in [0, 0.1) is 16.7 Å². The van der Waals surface area contributed by atoms with Crippen molar-refractivity contribution < 1.29 is 0 Å². The van der Waals surface area contributed by atoms with Crippen LogP contribution in [-0.4, -0.2) is 12.1 Å². The molecule has 2 heteroatoms. The van der Waals surface area contributed by atoms with Gasteiger partial charge in [-0.05, 0) is 32.6 Å². The van der Waals surface area contributed by atoms with Gasteiger partial charge in [-0.2, -0.15) is 5.26 Å². The number of rotatable bonds is 3. The van der Waals surface area contributed by atoms with Crippen LogP contribution in [0.15, 0.2) is 0 Å². The maximum Gasteiger partial charge on any atom is 0.0703 e. The maximum absolute atomic E-state index is 9.14. The summed E-state index contributed by atoms with van der Waals surface area (Å²) in [6.45, 7) is 3.17. The molecular weight excluding hydrogens is 160 g/mol. The highest BCUT2D eigenvalue weighted by Crippen LogP contribution is 2.40. The third-order valence-electron chi connectivity index (χ3n) is 3.65. The van der Waals surface area contributed by atoms with Gasteiger partial charge in [-0.3, -0.25) is 0 Å². The standard InChI is InChI=1S/C11H18N2/c1-10(6-7-10)13-9-11(8-12)4-2-3-5-11/h13H,2-7,9H2,1H3. The number of hydrogen-bond acceptors (Lipinski definition) is 2. The lowest BCUT2D eigenvalue weighted by molar-refractivity contribution is 0.350. The van der Waals surface area contributed by atoms with Gasteiger partial charge in [0.05, 0.1) is 11.5 Å². The summed E-state index contributed by atoms with van der Waals surface area (Å²) in [4.78, 5) is 0. The normalized spacial score (nSPS) is 28.3. The molecule has 13 heavy (non-hydrogen) atoms. The van der Waals surface area contributed by atoms with E-state index in [4.69, 9.17) is 5.26 Å². The number of nitriles is 1. The summed E-state index contributed by atoms with van der Waals surface area (Å²) in [5.74, 6) is 0. The fourth-order valence-corrected chi connectivity index (χ4v) is 2.13. The molecule has 0 saturated heterocycles. The third-order valence-corrected chi connectivity index (χ3v) is 3.65. The van der Waals surface area contributed by atoms with Gasteiger partial charge in [0.1, 0.15) is 0 Å². The summed E-state index contributed by atoms with van der Waals surface area (Å²) in [5, 5.41) is 12.7. The van der Waals surface area contributed by atoms with Crippen LogP contribution in [0.2, 0.25) is 0 Å². The third kappa shape index (κ3) is 1.86. The molecule has 0 aromatic rings. The molecule has 72 valence electrons. The number of nitrogens with one attached hydrogen (secondary N) is 1. The van der Waals surface area contributed by atoms with Crippen molar-refractivity contribution in [1.29, 1.82) is 5.26 Å². The number of hydrogen-bond donors (Lipinski definition) is 1. The van der Waals surface area contributed by atoms with Crippen molar-refractivity contribution in [1.82, 2.24) is 5.32 Å². The Morgan fingerprint density at radius 1 is 1.23 bits per heavy atom. The van der Waals surface area contributed by atoms with Crippen LogP contribution in [0.1, 0.15) is 45.4 Å². The molecule has 0 radical (unpaired) electrons. The molecule has 2 nitrogen and oxygen atoms in total. The largest absolute Gasteiger partial charge is 0.310 e. The van der Waals surface area contributed by atoms with Crippen molar-refractivity contribution in [2.75, 3.05) is 6.54 Å². The zero-order chi connectivity index (χ0) is 9.36. The van der Waals surface area contributed by atoms with Gasteiger partial charge in [0.2, 0.25) is 0 Å². The minimum atomic E-state index is -0.0222. The highest BCUT2D eigenvalue weighted by Gasteiger charge is 2.41. The zero-order valence-electron chi connectivity index (χ0n) is 8.40. The van der Waals surface area contributed by atoms with Gasteiger partial charge in [-0.15, -0.1) is 0 Å². The second-order valence-corrected chi connectivity index (χ2v) is 5.01. The van der Waals surface area contributed by atoms with E-state index in [1.807, 2.05) is 0 Å². The molecule has 1 N–H and O–H groups in total. The number of nitrogens with zero attached hydrogens (tertiary/aromatic N) is 1. The molecule has 0 heterocycles. The molecule has 0 aliphatic heterocycles. The van der Waals surface area contributed by atoms with Gasteiger partial charge in [-0.25, -0.2) is 0 Å². The molecule has 0 bridgehead atoms. The first kappa shape index (κ1) is 9.02. The molecule has 0 amide bonds. The Bertz CT molecular complexity index is 229. The SMILES string of the molecule is CC1(NCC2(C#N)CCCC2)CC1. The summed E-state index contributed by atoms with van der Waals surface area (Å²) >= 11 is 0.